The van der Waals surface area contributed by atoms with E-state index >= 15 is 0 Å². The van der Waals surface area contributed by atoms with Gasteiger partial charge >= 0.3 is 0 Å². The van der Waals surface area contributed by atoms with E-state index in [4.69, 9.17) is 11.6 Å². The molecule has 1 rings (SSSR count). The fourth-order valence-corrected chi connectivity index (χ4v) is 2.14. The van der Waals surface area contributed by atoms with Gasteiger partial charge in [-0.05, 0) is 35.4 Å². The first-order valence-electron chi connectivity index (χ1n) is 5.74. The van der Waals surface area contributed by atoms with E-state index < -0.39 is 0 Å². The zero-order valence-electron chi connectivity index (χ0n) is 10.2. The summed E-state index contributed by atoms with van der Waals surface area (Å²) < 4.78 is 0. The molecule has 0 saturated heterocycles. The van der Waals surface area contributed by atoms with Crippen molar-refractivity contribution in [2.45, 2.75) is 52.4 Å². The van der Waals surface area contributed by atoms with Crippen molar-refractivity contribution in [3.63, 3.8) is 0 Å². The summed E-state index contributed by atoms with van der Waals surface area (Å²) in [5, 5.41) is 0.927. The molecule has 0 aliphatic heterocycles. The highest BCUT2D eigenvalue weighted by Crippen LogP contribution is 2.31. The summed E-state index contributed by atoms with van der Waals surface area (Å²) in [7, 11) is 0. The van der Waals surface area contributed by atoms with Gasteiger partial charge in [0.15, 0.2) is 0 Å². The number of unbranched alkanes of at least 4 members (excludes halogenated alkanes) is 1. The fourth-order valence-electron chi connectivity index (χ4n) is 1.87. The van der Waals surface area contributed by atoms with Crippen molar-refractivity contribution in [2.24, 2.45) is 0 Å². The lowest BCUT2D eigenvalue weighted by Gasteiger charge is -2.23. The molecule has 1 heteroatoms. The first kappa shape index (κ1) is 12.6. The van der Waals surface area contributed by atoms with E-state index in [1.165, 1.54) is 24.0 Å². The lowest BCUT2D eigenvalue weighted by atomic mass is 9.82. The molecule has 0 spiro atoms. The first-order chi connectivity index (χ1) is 6.96. The van der Waals surface area contributed by atoms with Crippen molar-refractivity contribution in [1.29, 1.82) is 0 Å². The van der Waals surface area contributed by atoms with Gasteiger partial charge in [-0.15, -0.1) is 0 Å². The summed E-state index contributed by atoms with van der Waals surface area (Å²) >= 11 is 6.27. The second-order valence-corrected chi connectivity index (χ2v) is 5.53. The Morgan fingerprint density at radius 1 is 1.20 bits per heavy atom. The normalized spacial score (nSPS) is 11.8. The molecule has 1 aromatic rings. The van der Waals surface area contributed by atoms with Gasteiger partial charge in [-0.3, -0.25) is 0 Å². The molecule has 0 amide bonds. The van der Waals surface area contributed by atoms with Crippen LogP contribution in [0, 0.1) is 0 Å². The molecule has 0 heterocycles. The molecule has 0 N–H and O–H groups in total. The van der Waals surface area contributed by atoms with Gasteiger partial charge in [0, 0.05) is 5.02 Å². The SMILES string of the molecule is CCCCc1c(Cl)cccc1C(C)(C)C. The highest BCUT2D eigenvalue weighted by molar-refractivity contribution is 6.31. The van der Waals surface area contributed by atoms with Crippen LogP contribution in [0.2, 0.25) is 5.02 Å². The predicted molar refractivity (Wildman–Crippen MR) is 68.8 cm³/mol. The van der Waals surface area contributed by atoms with E-state index in [1.807, 2.05) is 6.07 Å². The van der Waals surface area contributed by atoms with E-state index in [0.29, 0.717) is 0 Å². The second-order valence-electron chi connectivity index (χ2n) is 5.12. The second kappa shape index (κ2) is 5.03. The molecule has 0 radical (unpaired) electrons. The van der Waals surface area contributed by atoms with E-state index in [9.17, 15) is 0 Å². The van der Waals surface area contributed by atoms with Crippen LogP contribution in [0.1, 0.15) is 51.7 Å². The zero-order chi connectivity index (χ0) is 11.5. The maximum atomic E-state index is 6.27. The van der Waals surface area contributed by atoms with Crippen molar-refractivity contribution in [1.82, 2.24) is 0 Å². The van der Waals surface area contributed by atoms with Gasteiger partial charge in [-0.1, -0.05) is 57.8 Å². The van der Waals surface area contributed by atoms with Gasteiger partial charge < -0.3 is 0 Å². The summed E-state index contributed by atoms with van der Waals surface area (Å²) in [6.07, 6.45) is 3.53. The third-order valence-electron chi connectivity index (χ3n) is 2.71. The molecule has 0 aromatic heterocycles. The molecule has 84 valence electrons. The Labute approximate surface area is 98.7 Å². The minimum atomic E-state index is 0.188. The van der Waals surface area contributed by atoms with E-state index in [2.05, 4.69) is 39.8 Å². The van der Waals surface area contributed by atoms with Crippen molar-refractivity contribution >= 4 is 11.6 Å². The maximum Gasteiger partial charge on any atom is 0.0440 e. The molecule has 0 saturated carbocycles. The summed E-state index contributed by atoms with van der Waals surface area (Å²) in [6.45, 7) is 8.95. The van der Waals surface area contributed by atoms with Crippen molar-refractivity contribution in [2.75, 3.05) is 0 Å². The smallest absolute Gasteiger partial charge is 0.0440 e. The third-order valence-corrected chi connectivity index (χ3v) is 3.06. The minimum absolute atomic E-state index is 0.188. The maximum absolute atomic E-state index is 6.27. The Bertz CT molecular complexity index is 321. The highest BCUT2D eigenvalue weighted by Gasteiger charge is 2.18. The minimum Gasteiger partial charge on any atom is -0.0840 e. The molecule has 0 nitrogen and oxygen atoms in total. The number of rotatable bonds is 3. The Kier molecular flexibility index (Phi) is 4.21. The first-order valence-corrected chi connectivity index (χ1v) is 6.12. The highest BCUT2D eigenvalue weighted by atomic mass is 35.5. The van der Waals surface area contributed by atoms with Gasteiger partial charge in [0.2, 0.25) is 0 Å². The summed E-state index contributed by atoms with van der Waals surface area (Å²) in [5.74, 6) is 0. The number of benzene rings is 1. The van der Waals surface area contributed by atoms with Crippen LogP contribution in [0.15, 0.2) is 18.2 Å². The van der Waals surface area contributed by atoms with Gasteiger partial charge in [0.1, 0.15) is 0 Å². The Morgan fingerprint density at radius 2 is 1.87 bits per heavy atom. The average Bonchev–Trinajstić information content (AvgIpc) is 2.14. The zero-order valence-corrected chi connectivity index (χ0v) is 11.0. The summed E-state index contributed by atoms with van der Waals surface area (Å²) in [4.78, 5) is 0. The molecule has 15 heavy (non-hydrogen) atoms. The van der Waals surface area contributed by atoms with Gasteiger partial charge in [-0.25, -0.2) is 0 Å². The van der Waals surface area contributed by atoms with Crippen LogP contribution in [0.25, 0.3) is 0 Å². The Morgan fingerprint density at radius 3 is 2.40 bits per heavy atom. The molecular weight excluding hydrogens is 204 g/mol. The van der Waals surface area contributed by atoms with Crippen molar-refractivity contribution in [3.8, 4) is 0 Å². The monoisotopic (exact) mass is 224 g/mol. The largest absolute Gasteiger partial charge is 0.0840 e. The predicted octanol–water partition coefficient (Wildman–Crippen LogP) is 4.98. The Hall–Kier alpha value is -0.490. The van der Waals surface area contributed by atoms with Crippen LogP contribution in [0.4, 0.5) is 0 Å². The Balaban J connectivity index is 3.09. The van der Waals surface area contributed by atoms with E-state index in [1.54, 1.807) is 0 Å². The lowest BCUT2D eigenvalue weighted by molar-refractivity contribution is 0.579. The molecule has 0 atom stereocenters. The van der Waals surface area contributed by atoms with E-state index in [0.717, 1.165) is 11.4 Å². The van der Waals surface area contributed by atoms with Crippen LogP contribution in [-0.2, 0) is 11.8 Å². The molecule has 0 unspecified atom stereocenters. The topological polar surface area (TPSA) is 0 Å². The quantitative estimate of drug-likeness (QED) is 0.679. The molecule has 0 aliphatic rings. The van der Waals surface area contributed by atoms with Gasteiger partial charge in [0.25, 0.3) is 0 Å². The van der Waals surface area contributed by atoms with Crippen LogP contribution in [-0.4, -0.2) is 0 Å². The number of hydrogen-bond donors (Lipinski definition) is 0. The van der Waals surface area contributed by atoms with Crippen LogP contribution < -0.4 is 0 Å². The number of halogens is 1. The molecular formula is C14H21Cl. The summed E-state index contributed by atoms with van der Waals surface area (Å²) in [5.41, 5.74) is 2.92. The van der Waals surface area contributed by atoms with Crippen LogP contribution in [0.5, 0.6) is 0 Å². The number of hydrogen-bond acceptors (Lipinski definition) is 0. The standard InChI is InChI=1S/C14H21Cl/c1-5-6-8-11-12(14(2,3)4)9-7-10-13(11)15/h7,9-10H,5-6,8H2,1-4H3. The van der Waals surface area contributed by atoms with Crippen LogP contribution in [0.3, 0.4) is 0 Å². The molecule has 1 aromatic carbocycles. The van der Waals surface area contributed by atoms with Crippen molar-refractivity contribution in [3.05, 3.63) is 34.3 Å². The van der Waals surface area contributed by atoms with Crippen molar-refractivity contribution < 1.29 is 0 Å². The lowest BCUT2D eigenvalue weighted by Crippen LogP contribution is -2.14. The average molecular weight is 225 g/mol. The fraction of sp³-hybridized carbons (Fsp3) is 0.571. The van der Waals surface area contributed by atoms with E-state index in [-0.39, 0.29) is 5.41 Å². The third kappa shape index (κ3) is 3.24. The molecule has 0 fully saturated rings. The van der Waals surface area contributed by atoms with Gasteiger partial charge in [0.05, 0.1) is 0 Å². The molecule has 0 bridgehead atoms. The molecule has 0 aliphatic carbocycles. The van der Waals surface area contributed by atoms with Crippen LogP contribution >= 0.6 is 11.6 Å². The van der Waals surface area contributed by atoms with Gasteiger partial charge in [-0.2, -0.15) is 0 Å². The summed E-state index contributed by atoms with van der Waals surface area (Å²) in [6, 6.07) is 6.26.